The zero-order valence-electron chi connectivity index (χ0n) is 7.46. The molecule has 1 N–H and O–H groups in total. The predicted molar refractivity (Wildman–Crippen MR) is 53.9 cm³/mol. The highest BCUT2D eigenvalue weighted by atomic mass is 35.5. The topological polar surface area (TPSA) is 12.0 Å². The SMILES string of the molecule is CNC1CC1c1cccc(F)c1.Cl. The molecule has 2 atom stereocenters. The van der Waals surface area contributed by atoms with Gasteiger partial charge in [0.1, 0.15) is 5.82 Å². The van der Waals surface area contributed by atoms with Crippen molar-refractivity contribution in [3.05, 3.63) is 35.6 Å². The predicted octanol–water partition coefficient (Wildman–Crippen LogP) is 2.32. The lowest BCUT2D eigenvalue weighted by atomic mass is 10.1. The Bertz CT molecular complexity index is 290. The Hall–Kier alpha value is -0.600. The molecule has 1 nitrogen and oxygen atoms in total. The van der Waals surface area contributed by atoms with Crippen molar-refractivity contribution in [1.29, 1.82) is 0 Å². The summed E-state index contributed by atoms with van der Waals surface area (Å²) in [6.07, 6.45) is 1.14. The number of halogens is 2. The molecule has 1 aromatic rings. The first-order chi connectivity index (χ1) is 5.81. The molecule has 1 saturated carbocycles. The second-order valence-electron chi connectivity index (χ2n) is 3.29. The first-order valence-electron chi connectivity index (χ1n) is 4.24. The Morgan fingerprint density at radius 2 is 2.23 bits per heavy atom. The number of rotatable bonds is 2. The van der Waals surface area contributed by atoms with Crippen LogP contribution in [0.2, 0.25) is 0 Å². The Kier molecular flexibility index (Phi) is 3.28. The zero-order chi connectivity index (χ0) is 8.55. The van der Waals surface area contributed by atoms with E-state index in [4.69, 9.17) is 0 Å². The first kappa shape index (κ1) is 10.5. The van der Waals surface area contributed by atoms with Crippen molar-refractivity contribution < 1.29 is 4.39 Å². The molecular formula is C10H13ClFN. The molecule has 72 valence electrons. The molecule has 2 unspecified atom stereocenters. The largest absolute Gasteiger partial charge is 0.316 e. The maximum Gasteiger partial charge on any atom is 0.123 e. The van der Waals surface area contributed by atoms with Crippen molar-refractivity contribution in [2.75, 3.05) is 7.05 Å². The fraction of sp³-hybridized carbons (Fsp3) is 0.400. The molecule has 0 aliphatic heterocycles. The molecule has 0 saturated heterocycles. The Morgan fingerprint density at radius 1 is 1.46 bits per heavy atom. The number of likely N-dealkylation sites (N-methyl/N-ethyl adjacent to an activating group) is 1. The van der Waals surface area contributed by atoms with Crippen LogP contribution in [0.4, 0.5) is 4.39 Å². The van der Waals surface area contributed by atoms with Crippen molar-refractivity contribution >= 4 is 12.4 Å². The molecule has 1 aliphatic carbocycles. The summed E-state index contributed by atoms with van der Waals surface area (Å²) >= 11 is 0. The van der Waals surface area contributed by atoms with E-state index in [2.05, 4.69) is 5.32 Å². The van der Waals surface area contributed by atoms with Crippen LogP contribution in [0.3, 0.4) is 0 Å². The van der Waals surface area contributed by atoms with Gasteiger partial charge in [-0.25, -0.2) is 4.39 Å². The molecule has 0 heterocycles. The van der Waals surface area contributed by atoms with Crippen LogP contribution in [0.5, 0.6) is 0 Å². The average Bonchev–Trinajstić information content (AvgIpc) is 2.83. The van der Waals surface area contributed by atoms with Gasteiger partial charge in [-0.15, -0.1) is 12.4 Å². The molecule has 2 rings (SSSR count). The quantitative estimate of drug-likeness (QED) is 0.775. The first-order valence-corrected chi connectivity index (χ1v) is 4.24. The van der Waals surface area contributed by atoms with Gasteiger partial charge in [-0.1, -0.05) is 12.1 Å². The second kappa shape index (κ2) is 4.07. The summed E-state index contributed by atoms with van der Waals surface area (Å²) in [7, 11) is 1.95. The van der Waals surface area contributed by atoms with Crippen molar-refractivity contribution in [2.24, 2.45) is 0 Å². The third kappa shape index (κ3) is 2.20. The second-order valence-corrected chi connectivity index (χ2v) is 3.29. The minimum atomic E-state index is -0.130. The molecule has 0 bridgehead atoms. The van der Waals surface area contributed by atoms with Gasteiger partial charge in [-0.3, -0.25) is 0 Å². The standard InChI is InChI=1S/C10H12FN.ClH/c1-12-10-6-9(10)7-3-2-4-8(11)5-7;/h2-5,9-10,12H,6H2,1H3;1H. The normalized spacial score (nSPS) is 25.1. The van der Waals surface area contributed by atoms with E-state index in [1.807, 2.05) is 13.1 Å². The van der Waals surface area contributed by atoms with Crippen molar-refractivity contribution in [1.82, 2.24) is 5.32 Å². The van der Waals surface area contributed by atoms with E-state index in [-0.39, 0.29) is 18.2 Å². The van der Waals surface area contributed by atoms with E-state index in [1.54, 1.807) is 12.1 Å². The monoisotopic (exact) mass is 201 g/mol. The van der Waals surface area contributed by atoms with Gasteiger partial charge in [0.15, 0.2) is 0 Å². The summed E-state index contributed by atoms with van der Waals surface area (Å²) in [5, 5.41) is 3.18. The minimum absolute atomic E-state index is 0. The van der Waals surface area contributed by atoms with Crippen molar-refractivity contribution in [3.63, 3.8) is 0 Å². The number of benzene rings is 1. The van der Waals surface area contributed by atoms with Gasteiger partial charge in [0.05, 0.1) is 0 Å². The molecule has 3 heteroatoms. The van der Waals surface area contributed by atoms with E-state index in [0.29, 0.717) is 12.0 Å². The maximum absolute atomic E-state index is 12.8. The van der Waals surface area contributed by atoms with Crippen LogP contribution in [0, 0.1) is 5.82 Å². The van der Waals surface area contributed by atoms with Gasteiger partial charge in [0, 0.05) is 12.0 Å². The molecule has 1 fully saturated rings. The van der Waals surface area contributed by atoms with Crippen molar-refractivity contribution in [2.45, 2.75) is 18.4 Å². The fourth-order valence-corrected chi connectivity index (χ4v) is 1.62. The van der Waals surface area contributed by atoms with Crippen LogP contribution in [0.1, 0.15) is 17.9 Å². The van der Waals surface area contributed by atoms with Crippen LogP contribution in [0.15, 0.2) is 24.3 Å². The van der Waals surface area contributed by atoms with Crippen LogP contribution < -0.4 is 5.32 Å². The van der Waals surface area contributed by atoms with Gasteiger partial charge >= 0.3 is 0 Å². The highest BCUT2D eigenvalue weighted by Crippen LogP contribution is 2.40. The highest BCUT2D eigenvalue weighted by Gasteiger charge is 2.36. The van der Waals surface area contributed by atoms with Gasteiger partial charge in [-0.2, -0.15) is 0 Å². The van der Waals surface area contributed by atoms with Crippen molar-refractivity contribution in [3.8, 4) is 0 Å². The lowest BCUT2D eigenvalue weighted by molar-refractivity contribution is 0.625. The van der Waals surface area contributed by atoms with E-state index in [1.165, 1.54) is 6.07 Å². The smallest absolute Gasteiger partial charge is 0.123 e. The Balaban J connectivity index is 0.000000845. The molecule has 1 aromatic carbocycles. The number of nitrogens with one attached hydrogen (secondary N) is 1. The van der Waals surface area contributed by atoms with E-state index in [0.717, 1.165) is 12.0 Å². The third-order valence-corrected chi connectivity index (χ3v) is 2.44. The molecule has 0 aromatic heterocycles. The van der Waals surface area contributed by atoms with Crippen LogP contribution >= 0.6 is 12.4 Å². The summed E-state index contributed by atoms with van der Waals surface area (Å²) in [6.45, 7) is 0. The molecule has 0 spiro atoms. The Morgan fingerprint density at radius 3 is 2.77 bits per heavy atom. The molecular weight excluding hydrogens is 189 g/mol. The molecule has 1 aliphatic rings. The summed E-state index contributed by atoms with van der Waals surface area (Å²) in [5.41, 5.74) is 1.12. The van der Waals surface area contributed by atoms with Gasteiger partial charge in [0.2, 0.25) is 0 Å². The molecule has 13 heavy (non-hydrogen) atoms. The van der Waals surface area contributed by atoms with Crippen LogP contribution in [-0.2, 0) is 0 Å². The van der Waals surface area contributed by atoms with Crippen LogP contribution in [0.25, 0.3) is 0 Å². The van der Waals surface area contributed by atoms with Gasteiger partial charge in [0.25, 0.3) is 0 Å². The molecule has 0 amide bonds. The lowest BCUT2D eigenvalue weighted by Gasteiger charge is -1.98. The Labute approximate surface area is 83.8 Å². The van der Waals surface area contributed by atoms with Gasteiger partial charge in [-0.05, 0) is 31.2 Å². The van der Waals surface area contributed by atoms with Gasteiger partial charge < -0.3 is 5.32 Å². The number of hydrogen-bond donors (Lipinski definition) is 1. The summed E-state index contributed by atoms with van der Waals surface area (Å²) in [5.74, 6) is 0.403. The van der Waals surface area contributed by atoms with E-state index >= 15 is 0 Å². The van der Waals surface area contributed by atoms with Crippen LogP contribution in [-0.4, -0.2) is 13.1 Å². The summed E-state index contributed by atoms with van der Waals surface area (Å²) in [4.78, 5) is 0. The van der Waals surface area contributed by atoms with E-state index in [9.17, 15) is 4.39 Å². The number of hydrogen-bond acceptors (Lipinski definition) is 1. The fourth-order valence-electron chi connectivity index (χ4n) is 1.62. The average molecular weight is 202 g/mol. The summed E-state index contributed by atoms with van der Waals surface area (Å²) in [6, 6.07) is 7.44. The minimum Gasteiger partial charge on any atom is -0.316 e. The summed E-state index contributed by atoms with van der Waals surface area (Å²) < 4.78 is 12.8. The maximum atomic E-state index is 12.8. The molecule has 0 radical (unpaired) electrons. The highest BCUT2D eigenvalue weighted by molar-refractivity contribution is 5.85. The zero-order valence-corrected chi connectivity index (χ0v) is 8.27. The lowest BCUT2D eigenvalue weighted by Crippen LogP contribution is -2.10. The van der Waals surface area contributed by atoms with E-state index < -0.39 is 0 Å². The third-order valence-electron chi connectivity index (χ3n) is 2.44.